The van der Waals surface area contributed by atoms with Crippen molar-refractivity contribution in [3.8, 4) is 5.75 Å². The highest BCUT2D eigenvalue weighted by Gasteiger charge is 2.45. The molecule has 9 heteroatoms. The number of carbonyl (C=O) groups excluding carboxylic acids is 2. The normalized spacial score (nSPS) is 15.5. The standard InChI is InChI=1S/C15H20N4O5/c1-5-17(6-2)12(20)9-18-13-10(24-15(3,4)14(18)21)7-8-11(16-13)19(22)23/h7-8H,5-6,9H2,1-4H3. The van der Waals surface area contributed by atoms with E-state index in [4.69, 9.17) is 4.74 Å². The number of hydrogen-bond acceptors (Lipinski definition) is 6. The quantitative estimate of drug-likeness (QED) is 0.594. The van der Waals surface area contributed by atoms with Gasteiger partial charge in [-0.15, -0.1) is 0 Å². The lowest BCUT2D eigenvalue weighted by Gasteiger charge is -2.36. The van der Waals surface area contributed by atoms with Gasteiger partial charge >= 0.3 is 5.82 Å². The first-order valence-corrected chi connectivity index (χ1v) is 7.65. The van der Waals surface area contributed by atoms with E-state index in [0.717, 1.165) is 4.90 Å². The van der Waals surface area contributed by atoms with Crippen LogP contribution in [0.1, 0.15) is 27.7 Å². The zero-order valence-corrected chi connectivity index (χ0v) is 14.1. The third-order valence-corrected chi connectivity index (χ3v) is 3.80. The number of ether oxygens (including phenoxy) is 1. The molecule has 1 aromatic rings. The summed E-state index contributed by atoms with van der Waals surface area (Å²) in [5, 5.41) is 10.9. The van der Waals surface area contributed by atoms with Crippen LogP contribution in [0.4, 0.5) is 11.6 Å². The van der Waals surface area contributed by atoms with Gasteiger partial charge in [-0.25, -0.2) is 0 Å². The molecule has 0 unspecified atom stereocenters. The van der Waals surface area contributed by atoms with Gasteiger partial charge < -0.3 is 19.8 Å². The zero-order valence-electron chi connectivity index (χ0n) is 14.1. The number of pyridine rings is 1. The molecule has 1 aromatic heterocycles. The summed E-state index contributed by atoms with van der Waals surface area (Å²) in [5.41, 5.74) is -1.19. The molecule has 0 fully saturated rings. The van der Waals surface area contributed by atoms with Crippen LogP contribution in [0.15, 0.2) is 12.1 Å². The lowest BCUT2D eigenvalue weighted by atomic mass is 10.1. The van der Waals surface area contributed by atoms with Crippen molar-refractivity contribution in [3.05, 3.63) is 22.2 Å². The third kappa shape index (κ3) is 3.15. The third-order valence-electron chi connectivity index (χ3n) is 3.80. The zero-order chi connectivity index (χ0) is 18.1. The molecule has 0 saturated carbocycles. The summed E-state index contributed by atoms with van der Waals surface area (Å²) in [6, 6.07) is 2.60. The van der Waals surface area contributed by atoms with Crippen LogP contribution in [-0.2, 0) is 9.59 Å². The van der Waals surface area contributed by atoms with Gasteiger partial charge in [-0.1, -0.05) is 0 Å². The molecule has 2 heterocycles. The smallest absolute Gasteiger partial charge is 0.366 e. The van der Waals surface area contributed by atoms with Crippen LogP contribution in [0.5, 0.6) is 5.75 Å². The largest absolute Gasteiger partial charge is 0.472 e. The Kier molecular flexibility index (Phi) is 4.72. The Morgan fingerprint density at radius 1 is 1.38 bits per heavy atom. The first kappa shape index (κ1) is 17.6. The van der Waals surface area contributed by atoms with Gasteiger partial charge in [0.1, 0.15) is 6.54 Å². The van der Waals surface area contributed by atoms with Gasteiger partial charge in [0.15, 0.2) is 11.4 Å². The van der Waals surface area contributed by atoms with E-state index < -0.39 is 22.2 Å². The second-order valence-electron chi connectivity index (χ2n) is 5.82. The van der Waals surface area contributed by atoms with Crippen LogP contribution in [0.3, 0.4) is 0 Å². The highest BCUT2D eigenvalue weighted by molar-refractivity contribution is 6.05. The fourth-order valence-corrected chi connectivity index (χ4v) is 2.50. The van der Waals surface area contributed by atoms with Gasteiger partial charge in [-0.2, -0.15) is 0 Å². The first-order valence-electron chi connectivity index (χ1n) is 7.65. The van der Waals surface area contributed by atoms with E-state index in [1.165, 1.54) is 12.1 Å². The summed E-state index contributed by atoms with van der Waals surface area (Å²) in [7, 11) is 0. The fourth-order valence-electron chi connectivity index (χ4n) is 2.50. The molecule has 9 nitrogen and oxygen atoms in total. The van der Waals surface area contributed by atoms with Gasteiger partial charge in [-0.05, 0) is 43.7 Å². The van der Waals surface area contributed by atoms with Gasteiger partial charge in [0, 0.05) is 19.2 Å². The summed E-state index contributed by atoms with van der Waals surface area (Å²) < 4.78 is 5.59. The Morgan fingerprint density at radius 3 is 2.54 bits per heavy atom. The fraction of sp³-hybridized carbons (Fsp3) is 0.533. The van der Waals surface area contributed by atoms with Crippen LogP contribution in [0.25, 0.3) is 0 Å². The maximum Gasteiger partial charge on any atom is 0.366 e. The Balaban J connectivity index is 2.45. The second kappa shape index (κ2) is 6.42. The van der Waals surface area contributed by atoms with Crippen molar-refractivity contribution in [2.75, 3.05) is 24.5 Å². The molecule has 1 aliphatic heterocycles. The van der Waals surface area contributed by atoms with Crippen molar-refractivity contribution < 1.29 is 19.2 Å². The molecular formula is C15H20N4O5. The molecule has 1 aliphatic rings. The number of anilines is 1. The summed E-state index contributed by atoms with van der Waals surface area (Å²) in [6.07, 6.45) is 0. The number of amides is 2. The van der Waals surface area contributed by atoms with E-state index in [1.807, 2.05) is 13.8 Å². The van der Waals surface area contributed by atoms with Crippen molar-refractivity contribution in [1.82, 2.24) is 9.88 Å². The van der Waals surface area contributed by atoms with Crippen LogP contribution < -0.4 is 9.64 Å². The number of likely N-dealkylation sites (N-methyl/N-ethyl adjacent to an activating group) is 1. The second-order valence-corrected chi connectivity index (χ2v) is 5.82. The van der Waals surface area contributed by atoms with Gasteiger partial charge in [0.2, 0.25) is 5.91 Å². The Morgan fingerprint density at radius 2 is 2.00 bits per heavy atom. The molecular weight excluding hydrogens is 316 g/mol. The van der Waals surface area contributed by atoms with Gasteiger partial charge in [-0.3, -0.25) is 14.5 Å². The number of aromatic nitrogens is 1. The number of fused-ring (bicyclic) bond motifs is 1. The van der Waals surface area contributed by atoms with E-state index in [1.54, 1.807) is 18.7 Å². The van der Waals surface area contributed by atoms with Crippen LogP contribution in [0, 0.1) is 10.1 Å². The molecule has 0 N–H and O–H groups in total. The van der Waals surface area contributed by atoms with Crippen molar-refractivity contribution >= 4 is 23.5 Å². The minimum Gasteiger partial charge on any atom is -0.472 e. The van der Waals surface area contributed by atoms with Crippen molar-refractivity contribution in [2.45, 2.75) is 33.3 Å². The van der Waals surface area contributed by atoms with Crippen molar-refractivity contribution in [1.29, 1.82) is 0 Å². The number of nitrogens with zero attached hydrogens (tertiary/aromatic N) is 4. The molecule has 0 bridgehead atoms. The minimum absolute atomic E-state index is 0.00553. The molecule has 0 radical (unpaired) electrons. The maximum atomic E-state index is 12.6. The molecule has 0 aromatic carbocycles. The molecule has 24 heavy (non-hydrogen) atoms. The average molecular weight is 336 g/mol. The molecule has 0 saturated heterocycles. The van der Waals surface area contributed by atoms with Crippen LogP contribution in [0.2, 0.25) is 0 Å². The van der Waals surface area contributed by atoms with Crippen LogP contribution in [-0.4, -0.2) is 51.9 Å². The number of rotatable bonds is 5. The van der Waals surface area contributed by atoms with Crippen molar-refractivity contribution in [2.24, 2.45) is 0 Å². The summed E-state index contributed by atoms with van der Waals surface area (Å²) in [5.74, 6) is -0.912. The van der Waals surface area contributed by atoms with Gasteiger partial charge in [0.25, 0.3) is 11.7 Å². The SMILES string of the molecule is CCN(CC)C(=O)CN1C(=O)C(C)(C)Oc2ccc([N+](=O)[O-])nc21. The maximum absolute atomic E-state index is 12.6. The molecule has 2 amide bonds. The Hall–Kier alpha value is -2.71. The summed E-state index contributed by atoms with van der Waals surface area (Å²) >= 11 is 0. The number of hydrogen-bond donors (Lipinski definition) is 0. The molecule has 130 valence electrons. The molecule has 0 atom stereocenters. The Bertz CT molecular complexity index is 684. The predicted octanol–water partition coefficient (Wildman–Crippen LogP) is 1.36. The van der Waals surface area contributed by atoms with Crippen LogP contribution >= 0.6 is 0 Å². The van der Waals surface area contributed by atoms with E-state index in [2.05, 4.69) is 4.98 Å². The van der Waals surface area contributed by atoms with Gasteiger partial charge in [0.05, 0.1) is 0 Å². The van der Waals surface area contributed by atoms with E-state index in [-0.39, 0.29) is 24.0 Å². The monoisotopic (exact) mass is 336 g/mol. The predicted molar refractivity (Wildman–Crippen MR) is 85.9 cm³/mol. The molecule has 0 spiro atoms. The van der Waals surface area contributed by atoms with E-state index in [0.29, 0.717) is 13.1 Å². The van der Waals surface area contributed by atoms with E-state index in [9.17, 15) is 19.7 Å². The molecule has 2 rings (SSSR count). The number of nitro groups is 1. The lowest BCUT2D eigenvalue weighted by Crippen LogP contribution is -2.55. The number of carbonyl (C=O) groups is 2. The highest BCUT2D eigenvalue weighted by atomic mass is 16.6. The van der Waals surface area contributed by atoms with Crippen molar-refractivity contribution in [3.63, 3.8) is 0 Å². The average Bonchev–Trinajstić information content (AvgIpc) is 2.52. The molecule has 0 aliphatic carbocycles. The summed E-state index contributed by atoms with van der Waals surface area (Å²) in [6.45, 7) is 7.60. The topological polar surface area (TPSA) is 106 Å². The first-order chi connectivity index (χ1) is 11.2. The highest BCUT2D eigenvalue weighted by Crippen LogP contribution is 2.37. The lowest BCUT2D eigenvalue weighted by molar-refractivity contribution is -0.389. The minimum atomic E-state index is -1.19. The Labute approximate surface area is 139 Å². The van der Waals surface area contributed by atoms with E-state index >= 15 is 0 Å². The summed E-state index contributed by atoms with van der Waals surface area (Å²) in [4.78, 5) is 41.9.